The van der Waals surface area contributed by atoms with E-state index in [0.29, 0.717) is 0 Å². The van der Waals surface area contributed by atoms with E-state index in [1.165, 1.54) is 25.7 Å². The first kappa shape index (κ1) is 28.8. The van der Waals surface area contributed by atoms with Crippen molar-refractivity contribution in [3.63, 3.8) is 0 Å². The minimum absolute atomic E-state index is 1.01. The third kappa shape index (κ3) is 5.89. The highest BCUT2D eigenvalue weighted by Gasteiger charge is 2.55. The van der Waals surface area contributed by atoms with Crippen molar-refractivity contribution in [2.24, 2.45) is 82.9 Å². The molecule has 7 aliphatic carbocycles. The molecule has 0 aliphatic heterocycles. The first-order valence-corrected chi connectivity index (χ1v) is 19.7. The Labute approximate surface area is 250 Å². The van der Waals surface area contributed by atoms with E-state index < -0.39 is 0 Å². The molecule has 7 fully saturated rings. The molecule has 0 radical (unpaired) electrons. The van der Waals surface area contributed by atoms with Crippen LogP contribution in [0.3, 0.4) is 0 Å². The van der Waals surface area contributed by atoms with E-state index in [0.717, 1.165) is 82.9 Å². The van der Waals surface area contributed by atoms with Crippen LogP contribution in [0.5, 0.6) is 0 Å². The summed E-state index contributed by atoms with van der Waals surface area (Å²) in [6, 6.07) is 0. The third-order valence-corrected chi connectivity index (χ3v) is 15.8. The summed E-state index contributed by atoms with van der Waals surface area (Å²) in [6.45, 7) is 5.05. The van der Waals surface area contributed by atoms with Gasteiger partial charge in [-0.2, -0.15) is 0 Å². The van der Waals surface area contributed by atoms with Gasteiger partial charge in [-0.3, -0.25) is 0 Å². The van der Waals surface area contributed by atoms with Gasteiger partial charge in [0.05, 0.1) is 0 Å². The Kier molecular flexibility index (Phi) is 9.29. The molecule has 0 spiro atoms. The van der Waals surface area contributed by atoms with Crippen molar-refractivity contribution >= 4 is 0 Å². The molecule has 7 saturated carbocycles. The highest BCUT2D eigenvalue weighted by atomic mass is 14.6. The summed E-state index contributed by atoms with van der Waals surface area (Å²) >= 11 is 0. The fourth-order valence-electron chi connectivity index (χ4n) is 13.9. The first-order chi connectivity index (χ1) is 19.7. The minimum Gasteiger partial charge on any atom is -0.0625 e. The van der Waals surface area contributed by atoms with Crippen LogP contribution in [0.25, 0.3) is 0 Å². The second-order valence-electron chi connectivity index (χ2n) is 17.8. The fourth-order valence-corrected chi connectivity index (χ4v) is 13.9. The Hall–Kier alpha value is 0. The first-order valence-electron chi connectivity index (χ1n) is 19.7. The van der Waals surface area contributed by atoms with Crippen molar-refractivity contribution in [3.05, 3.63) is 0 Å². The lowest BCUT2D eigenvalue weighted by Crippen LogP contribution is -2.54. The summed E-state index contributed by atoms with van der Waals surface area (Å²) in [5.41, 5.74) is 0. The predicted molar refractivity (Wildman–Crippen MR) is 171 cm³/mol. The number of fused-ring (bicyclic) bond motifs is 2. The van der Waals surface area contributed by atoms with Gasteiger partial charge in [0, 0.05) is 0 Å². The van der Waals surface area contributed by atoms with Gasteiger partial charge in [0.15, 0.2) is 0 Å². The van der Waals surface area contributed by atoms with Gasteiger partial charge in [0.1, 0.15) is 0 Å². The van der Waals surface area contributed by atoms with Crippen molar-refractivity contribution in [2.75, 3.05) is 0 Å². The average Bonchev–Trinajstić information content (AvgIpc) is 3.00. The van der Waals surface area contributed by atoms with Crippen LogP contribution in [0.15, 0.2) is 0 Å². The van der Waals surface area contributed by atoms with Gasteiger partial charge in [-0.15, -0.1) is 0 Å². The van der Waals surface area contributed by atoms with E-state index in [9.17, 15) is 0 Å². The lowest BCUT2D eigenvalue weighted by Gasteiger charge is -2.61. The largest absolute Gasteiger partial charge is 0.0625 e. The van der Waals surface area contributed by atoms with E-state index in [1.54, 1.807) is 128 Å². The monoisotopic (exact) mass is 549 g/mol. The zero-order valence-corrected chi connectivity index (χ0v) is 27.1. The van der Waals surface area contributed by atoms with E-state index in [1.807, 2.05) is 0 Å². The topological polar surface area (TPSA) is 0 Å². The van der Waals surface area contributed by atoms with Crippen LogP contribution >= 0.6 is 0 Å². The normalized spacial score (nSPS) is 52.4. The molecule has 0 bridgehead atoms. The van der Waals surface area contributed by atoms with Crippen molar-refractivity contribution < 1.29 is 0 Å². The van der Waals surface area contributed by atoms with Gasteiger partial charge in [-0.25, -0.2) is 0 Å². The summed E-state index contributed by atoms with van der Waals surface area (Å²) < 4.78 is 0. The number of rotatable bonds is 4. The van der Waals surface area contributed by atoms with Gasteiger partial charge >= 0.3 is 0 Å². The van der Waals surface area contributed by atoms with Gasteiger partial charge < -0.3 is 0 Å². The maximum Gasteiger partial charge on any atom is -0.0323 e. The third-order valence-electron chi connectivity index (χ3n) is 15.8. The Morgan fingerprint density at radius 1 is 0.275 bits per heavy atom. The standard InChI is InChI=1S/C40H68/c1-27-17-21-29(22-18-27)31-9-7-11-33(25-31)39-35-13-3-5-15-37(35)40(38-16-6-4-14-36(38)39)34-12-8-10-32(26-34)30-23-19-28(2)20-24-30/h27-40H,3-26H2,1-2H3. The van der Waals surface area contributed by atoms with Crippen molar-refractivity contribution in [1.82, 2.24) is 0 Å². The maximum absolute atomic E-state index is 2.52. The van der Waals surface area contributed by atoms with Gasteiger partial charge in [-0.05, 0) is 147 Å². The molecule has 40 heavy (non-hydrogen) atoms. The summed E-state index contributed by atoms with van der Waals surface area (Å²) in [4.78, 5) is 0. The van der Waals surface area contributed by atoms with E-state index >= 15 is 0 Å². The van der Waals surface area contributed by atoms with Crippen LogP contribution in [0.4, 0.5) is 0 Å². The fraction of sp³-hybridized carbons (Fsp3) is 1.00. The molecule has 0 amide bonds. The second kappa shape index (κ2) is 12.9. The van der Waals surface area contributed by atoms with E-state index in [4.69, 9.17) is 0 Å². The summed E-state index contributed by atoms with van der Waals surface area (Å²) in [5, 5.41) is 0. The number of hydrogen-bond acceptors (Lipinski definition) is 0. The van der Waals surface area contributed by atoms with Crippen LogP contribution < -0.4 is 0 Å². The van der Waals surface area contributed by atoms with E-state index in [2.05, 4.69) is 13.8 Å². The van der Waals surface area contributed by atoms with Gasteiger partial charge in [0.25, 0.3) is 0 Å². The lowest BCUT2D eigenvalue weighted by molar-refractivity contribution is -0.119. The quantitative estimate of drug-likeness (QED) is 0.328. The van der Waals surface area contributed by atoms with Crippen LogP contribution in [0.1, 0.15) is 168 Å². The zero-order chi connectivity index (χ0) is 27.1. The van der Waals surface area contributed by atoms with Crippen LogP contribution in [-0.4, -0.2) is 0 Å². The molecule has 0 heteroatoms. The highest BCUT2D eigenvalue weighted by molar-refractivity contribution is 5.04. The van der Waals surface area contributed by atoms with Crippen LogP contribution in [-0.2, 0) is 0 Å². The average molecular weight is 549 g/mol. The molecule has 8 atom stereocenters. The zero-order valence-electron chi connectivity index (χ0n) is 27.1. The minimum atomic E-state index is 1.01. The Morgan fingerprint density at radius 2 is 0.600 bits per heavy atom. The molecule has 0 heterocycles. The smallest absolute Gasteiger partial charge is 0.0323 e. The maximum atomic E-state index is 2.52. The molecular formula is C40H68. The van der Waals surface area contributed by atoms with Gasteiger partial charge in [0.2, 0.25) is 0 Å². The Bertz CT molecular complexity index is 692. The van der Waals surface area contributed by atoms with Crippen molar-refractivity contribution in [3.8, 4) is 0 Å². The number of hydrogen-bond donors (Lipinski definition) is 0. The molecule has 0 N–H and O–H groups in total. The molecule has 8 unspecified atom stereocenters. The Balaban J connectivity index is 1.10. The molecule has 0 aromatic heterocycles. The van der Waals surface area contributed by atoms with Gasteiger partial charge in [-0.1, -0.05) is 104 Å². The highest BCUT2D eigenvalue weighted by Crippen LogP contribution is 2.63. The molecule has 0 aromatic rings. The summed E-state index contributed by atoms with van der Waals surface area (Å²) in [5.74, 6) is 15.4. The van der Waals surface area contributed by atoms with Crippen LogP contribution in [0.2, 0.25) is 0 Å². The van der Waals surface area contributed by atoms with Crippen LogP contribution in [0, 0.1) is 82.9 Å². The summed E-state index contributed by atoms with van der Waals surface area (Å²) in [7, 11) is 0. The molecule has 0 nitrogen and oxygen atoms in total. The molecular weight excluding hydrogens is 480 g/mol. The van der Waals surface area contributed by atoms with Crippen molar-refractivity contribution in [1.29, 1.82) is 0 Å². The molecule has 0 saturated heterocycles. The molecule has 0 aromatic carbocycles. The Morgan fingerprint density at radius 3 is 0.950 bits per heavy atom. The van der Waals surface area contributed by atoms with E-state index in [-0.39, 0.29) is 0 Å². The SMILES string of the molecule is CC1CCC(C2CCCC(C3C4CCCCC4C(C4CCCC(C5CCC(C)CC5)C4)C4CCCCC43)C2)CC1. The molecule has 7 rings (SSSR count). The molecule has 7 aliphatic rings. The lowest BCUT2D eigenvalue weighted by atomic mass is 9.44. The summed E-state index contributed by atoms with van der Waals surface area (Å²) in [6.07, 6.45) is 38.2. The predicted octanol–water partition coefficient (Wildman–Crippen LogP) is 12.1. The molecule has 228 valence electrons. The van der Waals surface area contributed by atoms with Crippen molar-refractivity contribution in [2.45, 2.75) is 168 Å². The second-order valence-corrected chi connectivity index (χ2v) is 17.8.